The first-order valence-electron chi connectivity index (χ1n) is 6.34. The van der Waals surface area contributed by atoms with Gasteiger partial charge < -0.3 is 9.64 Å². The molecule has 0 saturated heterocycles. The van der Waals surface area contributed by atoms with Gasteiger partial charge in [-0.1, -0.05) is 18.2 Å². The summed E-state index contributed by atoms with van der Waals surface area (Å²) in [5.74, 6) is -0.283. The summed E-state index contributed by atoms with van der Waals surface area (Å²) in [6.07, 6.45) is 1.68. The number of sulfone groups is 1. The van der Waals surface area contributed by atoms with Crippen LogP contribution in [0.15, 0.2) is 41.8 Å². The van der Waals surface area contributed by atoms with E-state index in [0.29, 0.717) is 6.54 Å². The highest BCUT2D eigenvalue weighted by atomic mass is 32.2. The van der Waals surface area contributed by atoms with Crippen molar-refractivity contribution in [3.05, 3.63) is 41.8 Å². The fourth-order valence-electron chi connectivity index (χ4n) is 2.15. The Morgan fingerprint density at radius 1 is 1.35 bits per heavy atom. The van der Waals surface area contributed by atoms with Crippen molar-refractivity contribution in [2.75, 3.05) is 23.8 Å². The molecule has 0 saturated carbocycles. The zero-order valence-corrected chi connectivity index (χ0v) is 12.0. The number of esters is 1. The highest BCUT2D eigenvalue weighted by Crippen LogP contribution is 2.22. The van der Waals surface area contributed by atoms with Crippen LogP contribution < -0.4 is 4.90 Å². The summed E-state index contributed by atoms with van der Waals surface area (Å²) >= 11 is 0. The lowest BCUT2D eigenvalue weighted by Crippen LogP contribution is -2.38. The number of carbonyl (C=O) groups is 1. The van der Waals surface area contributed by atoms with Gasteiger partial charge in [0.2, 0.25) is 0 Å². The van der Waals surface area contributed by atoms with E-state index in [9.17, 15) is 13.2 Å². The second kappa shape index (κ2) is 6.09. The second-order valence-corrected chi connectivity index (χ2v) is 6.53. The molecule has 0 N–H and O–H groups in total. The van der Waals surface area contributed by atoms with Crippen molar-refractivity contribution in [2.45, 2.75) is 13.0 Å². The van der Waals surface area contributed by atoms with E-state index in [1.807, 2.05) is 35.2 Å². The van der Waals surface area contributed by atoms with E-state index in [1.165, 1.54) is 12.3 Å². The number of rotatable bonds is 5. The van der Waals surface area contributed by atoms with Crippen molar-refractivity contribution in [3.63, 3.8) is 0 Å². The molecule has 0 radical (unpaired) electrons. The normalized spacial score (nSPS) is 19.8. The van der Waals surface area contributed by atoms with Crippen LogP contribution in [-0.4, -0.2) is 39.3 Å². The molecular formula is C14H17NO4S. The number of benzene rings is 1. The Hall–Kier alpha value is -1.82. The van der Waals surface area contributed by atoms with Gasteiger partial charge in [-0.05, 0) is 18.2 Å². The second-order valence-electron chi connectivity index (χ2n) is 4.59. The summed E-state index contributed by atoms with van der Waals surface area (Å²) in [5, 5.41) is 1.25. The molecule has 2 rings (SSSR count). The standard InChI is InChI=1S/C14H17NO4S/c1-12(16)19-9-8-15(13-5-3-2-4-6-13)14-7-10-20(17,18)11-14/h2-7,10,14H,8-9,11H2,1H3/t14-/m1/s1. The molecule has 108 valence electrons. The number of hydrogen-bond acceptors (Lipinski definition) is 5. The van der Waals surface area contributed by atoms with Gasteiger partial charge in [0.15, 0.2) is 9.84 Å². The average Bonchev–Trinajstić information content (AvgIpc) is 2.75. The predicted molar refractivity (Wildman–Crippen MR) is 77.1 cm³/mol. The minimum Gasteiger partial charge on any atom is -0.464 e. The zero-order chi connectivity index (χ0) is 14.6. The van der Waals surface area contributed by atoms with Gasteiger partial charge >= 0.3 is 5.97 Å². The molecule has 1 atom stereocenters. The van der Waals surface area contributed by atoms with Crippen LogP contribution in [-0.2, 0) is 19.4 Å². The largest absolute Gasteiger partial charge is 0.464 e. The minimum absolute atomic E-state index is 0.0575. The van der Waals surface area contributed by atoms with Crippen LogP contribution in [0.2, 0.25) is 0 Å². The van der Waals surface area contributed by atoms with Crippen molar-refractivity contribution in [3.8, 4) is 0 Å². The lowest BCUT2D eigenvalue weighted by Gasteiger charge is -2.29. The van der Waals surface area contributed by atoms with E-state index in [4.69, 9.17) is 4.74 Å². The van der Waals surface area contributed by atoms with Crippen LogP contribution in [0.4, 0.5) is 5.69 Å². The van der Waals surface area contributed by atoms with Gasteiger partial charge in [0.25, 0.3) is 0 Å². The van der Waals surface area contributed by atoms with E-state index in [-0.39, 0.29) is 24.4 Å². The maximum Gasteiger partial charge on any atom is 0.302 e. The van der Waals surface area contributed by atoms with Crippen molar-refractivity contribution in [1.29, 1.82) is 0 Å². The van der Waals surface area contributed by atoms with Crippen LogP contribution in [0.5, 0.6) is 0 Å². The number of anilines is 1. The van der Waals surface area contributed by atoms with E-state index < -0.39 is 9.84 Å². The summed E-state index contributed by atoms with van der Waals surface area (Å²) in [4.78, 5) is 12.8. The predicted octanol–water partition coefficient (Wildman–Crippen LogP) is 1.37. The molecule has 1 aliphatic heterocycles. The highest BCUT2D eigenvalue weighted by molar-refractivity contribution is 7.94. The van der Waals surface area contributed by atoms with Crippen molar-refractivity contribution < 1.29 is 17.9 Å². The molecule has 1 aromatic carbocycles. The van der Waals surface area contributed by atoms with Crippen molar-refractivity contribution >= 4 is 21.5 Å². The minimum atomic E-state index is -3.12. The van der Waals surface area contributed by atoms with Gasteiger partial charge in [0.1, 0.15) is 6.61 Å². The molecule has 20 heavy (non-hydrogen) atoms. The smallest absolute Gasteiger partial charge is 0.302 e. The fourth-order valence-corrected chi connectivity index (χ4v) is 3.45. The Morgan fingerprint density at radius 2 is 2.05 bits per heavy atom. The molecular weight excluding hydrogens is 278 g/mol. The molecule has 0 aliphatic carbocycles. The SMILES string of the molecule is CC(=O)OCCN(c1ccccc1)[C@@H]1C=CS(=O)(=O)C1. The Labute approximate surface area is 118 Å². The fraction of sp³-hybridized carbons (Fsp3) is 0.357. The molecule has 0 bridgehead atoms. The third kappa shape index (κ3) is 3.84. The van der Waals surface area contributed by atoms with Crippen LogP contribution >= 0.6 is 0 Å². The Morgan fingerprint density at radius 3 is 2.60 bits per heavy atom. The van der Waals surface area contributed by atoms with E-state index in [0.717, 1.165) is 5.69 Å². The molecule has 5 nitrogen and oxygen atoms in total. The summed E-state index contributed by atoms with van der Waals surface area (Å²) in [7, 11) is -3.12. The number of hydrogen-bond donors (Lipinski definition) is 0. The highest BCUT2D eigenvalue weighted by Gasteiger charge is 2.27. The molecule has 1 heterocycles. The molecule has 0 aromatic heterocycles. The summed E-state index contributed by atoms with van der Waals surface area (Å²) < 4.78 is 28.1. The van der Waals surface area contributed by atoms with Crippen molar-refractivity contribution in [2.24, 2.45) is 0 Å². The van der Waals surface area contributed by atoms with Crippen LogP contribution in [0.1, 0.15) is 6.92 Å². The topological polar surface area (TPSA) is 63.7 Å². The molecule has 0 fully saturated rings. The van der Waals surface area contributed by atoms with Gasteiger partial charge in [-0.3, -0.25) is 4.79 Å². The lowest BCUT2D eigenvalue weighted by atomic mass is 10.2. The van der Waals surface area contributed by atoms with Gasteiger partial charge in [-0.2, -0.15) is 0 Å². The molecule has 6 heteroatoms. The molecule has 0 amide bonds. The maximum atomic E-state index is 11.6. The molecule has 0 unspecified atom stereocenters. The zero-order valence-electron chi connectivity index (χ0n) is 11.2. The van der Waals surface area contributed by atoms with Gasteiger partial charge in [0, 0.05) is 18.0 Å². The third-order valence-electron chi connectivity index (χ3n) is 3.04. The Kier molecular flexibility index (Phi) is 4.44. The first-order chi connectivity index (χ1) is 9.48. The number of ether oxygens (including phenoxy) is 1. The monoisotopic (exact) mass is 295 g/mol. The summed E-state index contributed by atoms with van der Waals surface area (Å²) in [6.45, 7) is 2.04. The molecule has 1 aliphatic rings. The Balaban J connectivity index is 2.13. The van der Waals surface area contributed by atoms with E-state index >= 15 is 0 Å². The van der Waals surface area contributed by atoms with E-state index in [1.54, 1.807) is 6.08 Å². The van der Waals surface area contributed by atoms with Gasteiger partial charge in [-0.15, -0.1) is 0 Å². The van der Waals surface area contributed by atoms with Crippen molar-refractivity contribution in [1.82, 2.24) is 0 Å². The van der Waals surface area contributed by atoms with Gasteiger partial charge in [-0.25, -0.2) is 8.42 Å². The van der Waals surface area contributed by atoms with Crippen LogP contribution in [0.25, 0.3) is 0 Å². The molecule has 0 spiro atoms. The first-order valence-corrected chi connectivity index (χ1v) is 8.05. The quantitative estimate of drug-likeness (QED) is 0.768. The first kappa shape index (κ1) is 14.6. The number of nitrogens with zero attached hydrogens (tertiary/aromatic N) is 1. The average molecular weight is 295 g/mol. The van der Waals surface area contributed by atoms with Gasteiger partial charge in [0.05, 0.1) is 18.3 Å². The Bertz CT molecular complexity index is 595. The third-order valence-corrected chi connectivity index (χ3v) is 4.41. The molecule has 1 aromatic rings. The number of carbonyl (C=O) groups excluding carboxylic acids is 1. The van der Waals surface area contributed by atoms with Crippen LogP contribution in [0, 0.1) is 0 Å². The maximum absolute atomic E-state index is 11.6. The van der Waals surface area contributed by atoms with Crippen LogP contribution in [0.3, 0.4) is 0 Å². The summed E-state index contributed by atoms with van der Waals surface area (Å²) in [5.41, 5.74) is 0.909. The van der Waals surface area contributed by atoms with E-state index in [2.05, 4.69) is 0 Å². The lowest BCUT2D eigenvalue weighted by molar-refractivity contribution is -0.140. The number of para-hydroxylation sites is 1. The summed E-state index contributed by atoms with van der Waals surface area (Å²) in [6, 6.07) is 9.27.